The fourth-order valence-corrected chi connectivity index (χ4v) is 3.54. The second-order valence-corrected chi connectivity index (χ2v) is 7.27. The first-order valence-corrected chi connectivity index (χ1v) is 9.13. The first-order valence-electron chi connectivity index (χ1n) is 6.70. The van der Waals surface area contributed by atoms with Crippen LogP contribution < -0.4 is 4.72 Å². The van der Waals surface area contributed by atoms with Gasteiger partial charge in [0.2, 0.25) is 0 Å². The number of carbonyl (C=O) groups excluding carboxylic acids is 1. The molecule has 0 bridgehead atoms. The zero-order chi connectivity index (χ0) is 16.3. The van der Waals surface area contributed by atoms with Gasteiger partial charge in [0.15, 0.2) is 0 Å². The van der Waals surface area contributed by atoms with Crippen LogP contribution >= 0.6 is 11.3 Å². The average Bonchev–Trinajstić information content (AvgIpc) is 3.19. The van der Waals surface area contributed by atoms with Crippen LogP contribution in [0.3, 0.4) is 0 Å². The Morgan fingerprint density at radius 1 is 1.22 bits per heavy atom. The molecule has 8 heteroatoms. The molecule has 0 fully saturated rings. The Labute approximate surface area is 137 Å². The van der Waals surface area contributed by atoms with Gasteiger partial charge in [-0.2, -0.15) is 16.4 Å². The summed E-state index contributed by atoms with van der Waals surface area (Å²) in [5.41, 5.74) is 1.32. The molecule has 0 atom stereocenters. The van der Waals surface area contributed by atoms with Gasteiger partial charge in [-0.3, -0.25) is 9.48 Å². The Hall–Kier alpha value is -2.45. The van der Waals surface area contributed by atoms with Gasteiger partial charge in [0, 0.05) is 11.6 Å². The number of aromatic nitrogens is 2. The maximum absolute atomic E-state index is 12.2. The molecule has 0 aliphatic rings. The van der Waals surface area contributed by atoms with Crippen LogP contribution in [0, 0.1) is 0 Å². The molecule has 0 unspecified atom stereocenters. The number of amides is 1. The average molecular weight is 347 g/mol. The molecule has 3 aromatic rings. The number of sulfonamides is 1. The first kappa shape index (κ1) is 15.4. The second kappa shape index (κ2) is 6.35. The Balaban J connectivity index is 1.75. The molecule has 0 aliphatic carbocycles. The monoisotopic (exact) mass is 347 g/mol. The van der Waals surface area contributed by atoms with E-state index < -0.39 is 15.9 Å². The van der Waals surface area contributed by atoms with Crippen molar-refractivity contribution in [2.45, 2.75) is 11.4 Å². The van der Waals surface area contributed by atoms with Crippen LogP contribution in [0.25, 0.3) is 0 Å². The number of rotatable bonds is 5. The van der Waals surface area contributed by atoms with Crippen molar-refractivity contribution in [3.63, 3.8) is 0 Å². The summed E-state index contributed by atoms with van der Waals surface area (Å²) >= 11 is 1.32. The van der Waals surface area contributed by atoms with Crippen molar-refractivity contribution < 1.29 is 13.2 Å². The molecule has 1 amide bonds. The summed E-state index contributed by atoms with van der Waals surface area (Å²) in [6, 6.07) is 11.1. The largest absolute Gasteiger partial charge is 0.268 e. The molecule has 0 spiro atoms. The summed E-state index contributed by atoms with van der Waals surface area (Å²) in [6.45, 7) is 0.453. The number of benzene rings is 1. The predicted octanol–water partition coefficient (Wildman–Crippen LogP) is 2.11. The maximum atomic E-state index is 12.2. The summed E-state index contributed by atoms with van der Waals surface area (Å²) < 4.78 is 28.0. The lowest BCUT2D eigenvalue weighted by Crippen LogP contribution is -2.30. The SMILES string of the molecule is O=C(NS(=O)(=O)c1cnn(Cc2ccccc2)c1)c1ccsc1. The maximum Gasteiger partial charge on any atom is 0.267 e. The van der Waals surface area contributed by atoms with Crippen molar-refractivity contribution in [1.82, 2.24) is 14.5 Å². The molecule has 1 N–H and O–H groups in total. The van der Waals surface area contributed by atoms with Crippen LogP contribution in [0.2, 0.25) is 0 Å². The second-order valence-electron chi connectivity index (χ2n) is 4.81. The molecule has 0 saturated carbocycles. The van der Waals surface area contributed by atoms with E-state index in [4.69, 9.17) is 0 Å². The summed E-state index contributed by atoms with van der Waals surface area (Å²) in [6.07, 6.45) is 2.63. The highest BCUT2D eigenvalue weighted by Gasteiger charge is 2.20. The molecule has 3 rings (SSSR count). The van der Waals surface area contributed by atoms with E-state index in [2.05, 4.69) is 5.10 Å². The molecule has 2 heterocycles. The standard InChI is InChI=1S/C15H13N3O3S2/c19-15(13-6-7-22-11-13)17-23(20,21)14-8-16-18(10-14)9-12-4-2-1-3-5-12/h1-8,10-11H,9H2,(H,17,19). The third kappa shape index (κ3) is 3.66. The van der Waals surface area contributed by atoms with E-state index in [0.717, 1.165) is 5.56 Å². The fourth-order valence-electron chi connectivity index (χ4n) is 1.97. The van der Waals surface area contributed by atoms with E-state index in [1.807, 2.05) is 35.1 Å². The molecule has 23 heavy (non-hydrogen) atoms. The van der Waals surface area contributed by atoms with E-state index in [9.17, 15) is 13.2 Å². The minimum absolute atomic E-state index is 0.0444. The van der Waals surface area contributed by atoms with Gasteiger partial charge in [-0.15, -0.1) is 0 Å². The highest BCUT2D eigenvalue weighted by Crippen LogP contribution is 2.11. The van der Waals surface area contributed by atoms with Gasteiger partial charge in [-0.1, -0.05) is 30.3 Å². The third-order valence-electron chi connectivity index (χ3n) is 3.12. The Kier molecular flexibility index (Phi) is 4.26. The zero-order valence-electron chi connectivity index (χ0n) is 11.9. The molecule has 1 aromatic carbocycles. The highest BCUT2D eigenvalue weighted by molar-refractivity contribution is 7.90. The molecule has 2 aromatic heterocycles. The molecule has 6 nitrogen and oxygen atoms in total. The Bertz CT molecular complexity index is 901. The van der Waals surface area contributed by atoms with Gasteiger partial charge < -0.3 is 0 Å². The van der Waals surface area contributed by atoms with Crippen LogP contribution in [0.4, 0.5) is 0 Å². The number of nitrogens with one attached hydrogen (secondary N) is 1. The van der Waals surface area contributed by atoms with Gasteiger partial charge in [0.05, 0.1) is 18.3 Å². The summed E-state index contributed by atoms with van der Waals surface area (Å²) in [5.74, 6) is -0.651. The van der Waals surface area contributed by atoms with Crippen LogP contribution in [-0.4, -0.2) is 24.1 Å². The predicted molar refractivity (Wildman–Crippen MR) is 86.7 cm³/mol. The van der Waals surface area contributed by atoms with Gasteiger partial charge in [0.1, 0.15) is 4.90 Å². The lowest BCUT2D eigenvalue weighted by Gasteiger charge is -2.03. The molecule has 0 aliphatic heterocycles. The zero-order valence-corrected chi connectivity index (χ0v) is 13.5. The quantitative estimate of drug-likeness (QED) is 0.766. The topological polar surface area (TPSA) is 81.1 Å². The number of hydrogen-bond donors (Lipinski definition) is 1. The van der Waals surface area contributed by atoms with E-state index in [1.54, 1.807) is 16.8 Å². The van der Waals surface area contributed by atoms with Crippen molar-refractivity contribution in [1.29, 1.82) is 0 Å². The molecule has 0 radical (unpaired) electrons. The van der Waals surface area contributed by atoms with E-state index in [-0.39, 0.29) is 4.90 Å². The minimum Gasteiger partial charge on any atom is -0.268 e. The van der Waals surface area contributed by atoms with Gasteiger partial charge in [-0.05, 0) is 17.0 Å². The highest BCUT2D eigenvalue weighted by atomic mass is 32.2. The van der Waals surface area contributed by atoms with Crippen molar-refractivity contribution in [3.05, 3.63) is 70.7 Å². The van der Waals surface area contributed by atoms with Crippen LogP contribution in [0.1, 0.15) is 15.9 Å². The molecule has 0 saturated heterocycles. The lowest BCUT2D eigenvalue weighted by molar-refractivity contribution is 0.0982. The summed E-state index contributed by atoms with van der Waals surface area (Å²) in [4.78, 5) is 11.8. The van der Waals surface area contributed by atoms with Crippen molar-refractivity contribution in [2.24, 2.45) is 0 Å². The fraction of sp³-hybridized carbons (Fsp3) is 0.0667. The van der Waals surface area contributed by atoms with Crippen LogP contribution in [0.5, 0.6) is 0 Å². The number of carbonyl (C=O) groups is 1. The van der Waals surface area contributed by atoms with Crippen LogP contribution in [0.15, 0.2) is 64.4 Å². The normalized spacial score (nSPS) is 11.3. The van der Waals surface area contributed by atoms with E-state index in [1.165, 1.54) is 28.4 Å². The van der Waals surface area contributed by atoms with E-state index >= 15 is 0 Å². The van der Waals surface area contributed by atoms with Gasteiger partial charge in [-0.25, -0.2) is 13.1 Å². The number of thiophene rings is 1. The minimum atomic E-state index is -3.94. The third-order valence-corrected chi connectivity index (χ3v) is 5.09. The molecular formula is C15H13N3O3S2. The van der Waals surface area contributed by atoms with Crippen molar-refractivity contribution in [3.8, 4) is 0 Å². The van der Waals surface area contributed by atoms with Gasteiger partial charge in [0.25, 0.3) is 15.9 Å². The lowest BCUT2D eigenvalue weighted by atomic mass is 10.2. The molecular weight excluding hydrogens is 334 g/mol. The number of nitrogens with zero attached hydrogens (tertiary/aromatic N) is 2. The van der Waals surface area contributed by atoms with E-state index in [0.29, 0.717) is 12.1 Å². The van der Waals surface area contributed by atoms with Crippen LogP contribution in [-0.2, 0) is 16.6 Å². The van der Waals surface area contributed by atoms with Crippen molar-refractivity contribution >= 4 is 27.3 Å². The Morgan fingerprint density at radius 3 is 2.70 bits per heavy atom. The summed E-state index contributed by atoms with van der Waals surface area (Å²) in [7, 11) is -3.94. The number of hydrogen-bond acceptors (Lipinski definition) is 5. The van der Waals surface area contributed by atoms with Gasteiger partial charge >= 0.3 is 0 Å². The smallest absolute Gasteiger partial charge is 0.267 e. The summed E-state index contributed by atoms with van der Waals surface area (Å²) in [5, 5.41) is 7.33. The van der Waals surface area contributed by atoms with Crippen molar-refractivity contribution in [2.75, 3.05) is 0 Å². The Morgan fingerprint density at radius 2 is 2.00 bits per heavy atom. The molecule has 118 valence electrons. The first-order chi connectivity index (χ1) is 11.0.